The maximum absolute atomic E-state index is 12.8. The standard InChI is InChI=1S/C17H26N2O2.C3H4/c1-4-5-7-13-10-11-15(12(2)20)19-16(13)9-6-8-14(18-3)17(19)21;1-3-2/h4-5,7,14-16,18H,6,8-11H2,1-3H3;1H,2H3/b5-4-,13-7+;/t14-,15-,16?;/m0./s1. The van der Waals surface area contributed by atoms with E-state index < -0.39 is 0 Å². The number of amides is 1. The molecule has 2 rings (SSSR count). The van der Waals surface area contributed by atoms with Crippen LogP contribution in [0.15, 0.2) is 23.8 Å². The smallest absolute Gasteiger partial charge is 0.240 e. The van der Waals surface area contributed by atoms with Gasteiger partial charge in [-0.05, 0) is 65.5 Å². The van der Waals surface area contributed by atoms with Gasteiger partial charge in [-0.2, -0.15) is 0 Å². The van der Waals surface area contributed by atoms with E-state index in [-0.39, 0.29) is 29.8 Å². The number of carbonyl (C=O) groups is 2. The highest BCUT2D eigenvalue weighted by Gasteiger charge is 2.42. The second kappa shape index (κ2) is 10.1. The van der Waals surface area contributed by atoms with Crippen molar-refractivity contribution >= 4 is 11.7 Å². The lowest BCUT2D eigenvalue weighted by molar-refractivity contribution is -0.143. The normalized spacial score (nSPS) is 28.6. The summed E-state index contributed by atoms with van der Waals surface area (Å²) in [5.41, 5.74) is 1.29. The fourth-order valence-corrected chi connectivity index (χ4v) is 3.54. The Bertz CT molecular complexity index is 542. The summed E-state index contributed by atoms with van der Waals surface area (Å²) in [6, 6.07) is -0.313. The van der Waals surface area contributed by atoms with Crippen LogP contribution < -0.4 is 5.32 Å². The molecule has 0 aromatic heterocycles. The Kier molecular flexibility index (Phi) is 8.49. The second-order valence-electron chi connectivity index (χ2n) is 6.25. The molecule has 2 heterocycles. The van der Waals surface area contributed by atoms with E-state index in [0.717, 1.165) is 32.1 Å². The zero-order valence-electron chi connectivity index (χ0n) is 15.3. The SMILES string of the molecule is C#CC.C/C=C\C=C1/CC[C@@H](C(C)=O)N2C(=O)[C@@H](NC)CCCC12. The van der Waals surface area contributed by atoms with Crippen LogP contribution in [0.1, 0.15) is 52.9 Å². The zero-order chi connectivity index (χ0) is 18.1. The first-order valence-corrected chi connectivity index (χ1v) is 8.70. The summed E-state index contributed by atoms with van der Waals surface area (Å²) in [7, 11) is 1.83. The molecule has 0 aromatic rings. The minimum Gasteiger partial charge on any atom is -0.325 e. The molecule has 1 amide bonds. The van der Waals surface area contributed by atoms with E-state index in [1.807, 2.05) is 31.0 Å². The molecular weight excluding hydrogens is 300 g/mol. The lowest BCUT2D eigenvalue weighted by Gasteiger charge is -2.42. The first-order chi connectivity index (χ1) is 11.5. The average Bonchev–Trinajstić information content (AvgIpc) is 2.72. The van der Waals surface area contributed by atoms with E-state index in [2.05, 4.69) is 23.7 Å². The van der Waals surface area contributed by atoms with Gasteiger partial charge in [0.15, 0.2) is 5.78 Å². The second-order valence-corrected chi connectivity index (χ2v) is 6.25. The number of nitrogens with one attached hydrogen (secondary N) is 1. The maximum atomic E-state index is 12.8. The van der Waals surface area contributed by atoms with Crippen molar-refractivity contribution in [2.24, 2.45) is 0 Å². The summed E-state index contributed by atoms with van der Waals surface area (Å²) < 4.78 is 0. The number of ketones is 1. The van der Waals surface area contributed by atoms with Crippen LogP contribution in [0.3, 0.4) is 0 Å². The van der Waals surface area contributed by atoms with Crippen LogP contribution >= 0.6 is 0 Å². The number of hydrogen-bond acceptors (Lipinski definition) is 3. The summed E-state index contributed by atoms with van der Waals surface area (Å²) >= 11 is 0. The maximum Gasteiger partial charge on any atom is 0.240 e. The number of rotatable bonds is 3. The Morgan fingerprint density at radius 2 is 2.04 bits per heavy atom. The highest BCUT2D eigenvalue weighted by Crippen LogP contribution is 2.34. The average molecular weight is 330 g/mol. The third-order valence-electron chi connectivity index (χ3n) is 4.65. The number of fused-ring (bicyclic) bond motifs is 1. The van der Waals surface area contributed by atoms with Gasteiger partial charge in [-0.3, -0.25) is 9.59 Å². The van der Waals surface area contributed by atoms with Crippen molar-refractivity contribution in [2.75, 3.05) is 7.05 Å². The van der Waals surface area contributed by atoms with E-state index in [9.17, 15) is 9.59 Å². The summed E-state index contributed by atoms with van der Waals surface area (Å²) in [6.45, 7) is 5.25. The van der Waals surface area contributed by atoms with Crippen LogP contribution in [0, 0.1) is 12.3 Å². The van der Waals surface area contributed by atoms with E-state index >= 15 is 0 Å². The molecule has 3 atom stereocenters. The molecular formula is C20H30N2O2. The van der Waals surface area contributed by atoms with Crippen LogP contribution in [0.5, 0.6) is 0 Å². The predicted molar refractivity (Wildman–Crippen MR) is 98.4 cm³/mol. The molecule has 0 radical (unpaired) electrons. The molecule has 2 fully saturated rings. The molecule has 4 heteroatoms. The molecule has 1 unspecified atom stereocenters. The van der Waals surface area contributed by atoms with Gasteiger partial charge in [-0.25, -0.2) is 0 Å². The lowest BCUT2D eigenvalue weighted by Crippen LogP contribution is -2.57. The van der Waals surface area contributed by atoms with Crippen LogP contribution in [-0.2, 0) is 9.59 Å². The molecule has 4 nitrogen and oxygen atoms in total. The Balaban J connectivity index is 0.000000891. The Morgan fingerprint density at radius 3 is 2.58 bits per heavy atom. The summed E-state index contributed by atoms with van der Waals surface area (Å²) in [4.78, 5) is 26.7. The van der Waals surface area contributed by atoms with Crippen LogP contribution in [0.25, 0.3) is 0 Å². The fourth-order valence-electron chi connectivity index (χ4n) is 3.54. The van der Waals surface area contributed by atoms with E-state index in [1.54, 1.807) is 13.8 Å². The van der Waals surface area contributed by atoms with Crippen LogP contribution in [-0.4, -0.2) is 41.8 Å². The number of piperidine rings is 1. The summed E-state index contributed by atoms with van der Waals surface area (Å²) in [5.74, 6) is 2.45. The van der Waals surface area contributed by atoms with Gasteiger partial charge in [-0.15, -0.1) is 12.3 Å². The van der Waals surface area contributed by atoms with Crippen molar-refractivity contribution in [3.8, 4) is 12.3 Å². The van der Waals surface area contributed by atoms with Crippen molar-refractivity contribution in [1.29, 1.82) is 0 Å². The van der Waals surface area contributed by atoms with Crippen molar-refractivity contribution in [1.82, 2.24) is 10.2 Å². The number of nitrogens with zero attached hydrogens (tertiary/aromatic N) is 1. The molecule has 1 N–H and O–H groups in total. The first-order valence-electron chi connectivity index (χ1n) is 8.70. The van der Waals surface area contributed by atoms with Gasteiger partial charge in [0.2, 0.25) is 5.91 Å². The van der Waals surface area contributed by atoms with Gasteiger partial charge >= 0.3 is 0 Å². The molecule has 24 heavy (non-hydrogen) atoms. The van der Waals surface area contributed by atoms with Crippen LogP contribution in [0.2, 0.25) is 0 Å². The highest BCUT2D eigenvalue weighted by molar-refractivity contribution is 5.90. The zero-order valence-corrected chi connectivity index (χ0v) is 15.3. The number of hydrogen-bond donors (Lipinski definition) is 1. The summed E-state index contributed by atoms with van der Waals surface area (Å²) in [6.07, 6.45) is 15.2. The molecule has 0 aliphatic carbocycles. The van der Waals surface area contributed by atoms with E-state index in [0.29, 0.717) is 0 Å². The minimum absolute atomic E-state index is 0.0891. The lowest BCUT2D eigenvalue weighted by atomic mass is 9.87. The number of terminal acetylenes is 1. The molecule has 0 spiro atoms. The van der Waals surface area contributed by atoms with Crippen molar-refractivity contribution in [3.05, 3.63) is 23.8 Å². The molecule has 0 saturated carbocycles. The Morgan fingerprint density at radius 1 is 1.38 bits per heavy atom. The first kappa shape index (κ1) is 20.2. The number of allylic oxidation sites excluding steroid dienone is 3. The molecule has 2 aliphatic rings. The number of carbonyl (C=O) groups excluding carboxylic acids is 2. The molecule has 2 aliphatic heterocycles. The largest absolute Gasteiger partial charge is 0.325 e. The van der Waals surface area contributed by atoms with Crippen molar-refractivity contribution in [3.63, 3.8) is 0 Å². The minimum atomic E-state index is -0.251. The van der Waals surface area contributed by atoms with E-state index in [1.165, 1.54) is 5.57 Å². The van der Waals surface area contributed by atoms with Gasteiger partial charge in [0.25, 0.3) is 0 Å². The van der Waals surface area contributed by atoms with Crippen molar-refractivity contribution < 1.29 is 9.59 Å². The topological polar surface area (TPSA) is 49.4 Å². The highest BCUT2D eigenvalue weighted by atomic mass is 16.2. The Hall–Kier alpha value is -1.86. The number of Topliss-reactive ketones (excluding diaryl/α,β-unsaturated/α-hetero) is 1. The van der Waals surface area contributed by atoms with E-state index in [4.69, 9.17) is 0 Å². The molecule has 2 saturated heterocycles. The summed E-state index contributed by atoms with van der Waals surface area (Å²) in [5, 5.41) is 3.11. The van der Waals surface area contributed by atoms with Gasteiger partial charge < -0.3 is 10.2 Å². The molecule has 0 aromatic carbocycles. The van der Waals surface area contributed by atoms with Gasteiger partial charge in [0.05, 0.1) is 18.1 Å². The van der Waals surface area contributed by atoms with Crippen LogP contribution in [0.4, 0.5) is 0 Å². The molecule has 0 bridgehead atoms. The number of likely N-dealkylation sites (N-methyl/N-ethyl adjacent to an activating group) is 1. The fraction of sp³-hybridized carbons (Fsp3) is 0.600. The predicted octanol–water partition coefficient (Wildman–Crippen LogP) is 2.85. The third kappa shape index (κ3) is 4.82. The Labute approximate surface area is 146 Å². The van der Waals surface area contributed by atoms with Gasteiger partial charge in [-0.1, -0.05) is 18.2 Å². The van der Waals surface area contributed by atoms with Gasteiger partial charge in [0, 0.05) is 0 Å². The molecule has 132 valence electrons. The quantitative estimate of drug-likeness (QED) is 0.810. The monoisotopic (exact) mass is 330 g/mol. The van der Waals surface area contributed by atoms with Crippen molar-refractivity contribution in [2.45, 2.75) is 71.0 Å². The third-order valence-corrected chi connectivity index (χ3v) is 4.65. The van der Waals surface area contributed by atoms with Gasteiger partial charge in [0.1, 0.15) is 0 Å².